The van der Waals surface area contributed by atoms with Gasteiger partial charge in [0.25, 0.3) is 0 Å². The number of sulfonamides is 1. The Hall–Kier alpha value is -2.23. The summed E-state index contributed by atoms with van der Waals surface area (Å²) in [7, 11) is -4.18. The first kappa shape index (κ1) is 18.6. The third kappa shape index (κ3) is 3.37. The number of fused-ring (bicyclic) bond motifs is 1. The van der Waals surface area contributed by atoms with Crippen LogP contribution in [0.1, 0.15) is 5.56 Å². The zero-order valence-electron chi connectivity index (χ0n) is 14.6. The van der Waals surface area contributed by atoms with Crippen LogP contribution in [0.5, 0.6) is 0 Å². The van der Waals surface area contributed by atoms with Gasteiger partial charge in [0.2, 0.25) is 25.0 Å². The van der Waals surface area contributed by atoms with Crippen LogP contribution in [0.2, 0.25) is 0 Å². The van der Waals surface area contributed by atoms with Gasteiger partial charge in [0.1, 0.15) is 0 Å². The predicted molar refractivity (Wildman–Crippen MR) is 99.3 cm³/mol. The lowest BCUT2D eigenvalue weighted by molar-refractivity contribution is 0.520. The molecule has 138 valence electrons. The summed E-state index contributed by atoms with van der Waals surface area (Å²) < 4.78 is 51.7. The van der Waals surface area contributed by atoms with Gasteiger partial charge in [-0.2, -0.15) is 0 Å². The van der Waals surface area contributed by atoms with Gasteiger partial charge >= 0.3 is 0 Å². The van der Waals surface area contributed by atoms with E-state index in [0.717, 1.165) is 10.6 Å². The summed E-state index contributed by atoms with van der Waals surface area (Å²) in [6.07, 6.45) is 1.11. The average molecular weight is 393 g/mol. The molecule has 0 aliphatic rings. The molecule has 0 saturated carbocycles. The van der Waals surface area contributed by atoms with Crippen LogP contribution in [0.4, 0.5) is 0 Å². The molecule has 0 aliphatic heterocycles. The van der Waals surface area contributed by atoms with Crippen molar-refractivity contribution in [2.45, 2.75) is 16.6 Å². The third-order valence-corrected chi connectivity index (χ3v) is 6.75. The molecule has 0 bridgehead atoms. The van der Waals surface area contributed by atoms with Crippen molar-refractivity contribution in [1.82, 2.24) is 13.9 Å². The van der Waals surface area contributed by atoms with Gasteiger partial charge in [-0.1, -0.05) is 24.3 Å². The van der Waals surface area contributed by atoms with Crippen LogP contribution >= 0.6 is 0 Å². The Kier molecular flexibility index (Phi) is 4.63. The highest BCUT2D eigenvalue weighted by atomic mass is 32.2. The van der Waals surface area contributed by atoms with E-state index in [9.17, 15) is 16.8 Å². The zero-order valence-corrected chi connectivity index (χ0v) is 16.3. The molecule has 26 heavy (non-hydrogen) atoms. The van der Waals surface area contributed by atoms with E-state index in [1.807, 2.05) is 0 Å². The van der Waals surface area contributed by atoms with Crippen LogP contribution in [0, 0.1) is 0 Å². The maximum Gasteiger partial charge on any atom is 0.242 e. The quantitative estimate of drug-likeness (QED) is 0.659. The Morgan fingerprint density at radius 3 is 2.35 bits per heavy atom. The van der Waals surface area contributed by atoms with E-state index in [2.05, 4.69) is 4.98 Å². The number of aromatic nitrogens is 2. The number of hydrogen-bond donors (Lipinski definition) is 0. The highest BCUT2D eigenvalue weighted by Crippen LogP contribution is 2.22. The van der Waals surface area contributed by atoms with Gasteiger partial charge in [-0.15, -0.1) is 0 Å². The monoisotopic (exact) mass is 393 g/mol. The molecule has 0 fully saturated rings. The second-order valence-corrected chi connectivity index (χ2v) is 10.2. The molecular formula is C17H19N3O4S2. The summed E-state index contributed by atoms with van der Waals surface area (Å²) in [4.78, 5) is 4.39. The predicted octanol–water partition coefficient (Wildman–Crippen LogP) is 1.74. The van der Waals surface area contributed by atoms with Gasteiger partial charge in [0, 0.05) is 20.4 Å². The lowest BCUT2D eigenvalue weighted by Crippen LogP contribution is -2.22. The summed E-state index contributed by atoms with van der Waals surface area (Å²) in [6.45, 7) is 0.194. The second-order valence-electron chi connectivity index (χ2n) is 6.18. The molecule has 0 saturated heterocycles. The summed E-state index contributed by atoms with van der Waals surface area (Å²) in [5.74, 6) is 0. The molecule has 9 heteroatoms. The topological polar surface area (TPSA) is 89.3 Å². The molecule has 0 spiro atoms. The van der Waals surface area contributed by atoms with E-state index in [1.54, 1.807) is 47.0 Å². The maximum absolute atomic E-state index is 12.3. The molecule has 0 atom stereocenters. The molecule has 1 heterocycles. The maximum atomic E-state index is 12.3. The molecule has 0 unspecified atom stereocenters. The van der Waals surface area contributed by atoms with Gasteiger partial charge in [-0.25, -0.2) is 26.1 Å². The Balaban J connectivity index is 2.13. The summed E-state index contributed by atoms with van der Waals surface area (Å²) >= 11 is 0. The fourth-order valence-corrected chi connectivity index (χ4v) is 4.49. The second kappa shape index (κ2) is 6.49. The van der Waals surface area contributed by atoms with Crippen LogP contribution in [0.25, 0.3) is 11.0 Å². The zero-order chi connectivity index (χ0) is 19.1. The van der Waals surface area contributed by atoms with Crippen molar-refractivity contribution < 1.29 is 16.8 Å². The number of sulfone groups is 1. The lowest BCUT2D eigenvalue weighted by atomic mass is 10.2. The van der Waals surface area contributed by atoms with E-state index >= 15 is 0 Å². The van der Waals surface area contributed by atoms with Crippen molar-refractivity contribution in [1.29, 1.82) is 0 Å². The number of nitrogens with zero attached hydrogens (tertiary/aromatic N) is 3. The summed E-state index contributed by atoms with van der Waals surface area (Å²) in [5.41, 5.74) is 1.92. The molecule has 3 rings (SSSR count). The number of rotatable bonds is 5. The lowest BCUT2D eigenvalue weighted by Gasteiger charge is -2.13. The minimum absolute atomic E-state index is 0.0421. The molecule has 3 aromatic rings. The van der Waals surface area contributed by atoms with E-state index in [4.69, 9.17) is 0 Å². The highest BCUT2D eigenvalue weighted by molar-refractivity contribution is 7.90. The van der Waals surface area contributed by atoms with Crippen LogP contribution in [0.15, 0.2) is 58.6 Å². The van der Waals surface area contributed by atoms with Crippen molar-refractivity contribution in [3.05, 3.63) is 54.1 Å². The first-order valence-corrected chi connectivity index (χ1v) is 11.1. The van der Waals surface area contributed by atoms with Gasteiger partial charge < -0.3 is 4.57 Å². The molecule has 2 aromatic carbocycles. The minimum atomic E-state index is -3.57. The van der Waals surface area contributed by atoms with E-state index in [1.165, 1.54) is 20.2 Å². The van der Waals surface area contributed by atoms with Crippen molar-refractivity contribution in [2.24, 2.45) is 0 Å². The smallest absolute Gasteiger partial charge is 0.242 e. The van der Waals surface area contributed by atoms with Crippen molar-refractivity contribution in [3.8, 4) is 0 Å². The van der Waals surface area contributed by atoms with Crippen molar-refractivity contribution >= 4 is 30.9 Å². The third-order valence-electron chi connectivity index (χ3n) is 3.97. The molecule has 7 nitrogen and oxygen atoms in total. The highest BCUT2D eigenvalue weighted by Gasteiger charge is 2.21. The molecule has 0 amide bonds. The molecule has 0 radical (unpaired) electrons. The first-order valence-electron chi connectivity index (χ1n) is 7.77. The van der Waals surface area contributed by atoms with Gasteiger partial charge in [-0.3, -0.25) is 0 Å². The standard InChI is InChI=1S/C17H19N3O4S2/c1-19(2)26(23,24)14-8-6-7-13(11-14)12-20-16-10-5-4-9-15(16)18-17(20)25(3,21)22/h4-11H,12H2,1-3H3. The average Bonchev–Trinajstić information content (AvgIpc) is 2.94. The van der Waals surface area contributed by atoms with E-state index < -0.39 is 19.9 Å². The van der Waals surface area contributed by atoms with Crippen LogP contribution in [0.3, 0.4) is 0 Å². The largest absolute Gasteiger partial charge is 0.310 e. The fraction of sp³-hybridized carbons (Fsp3) is 0.235. The number of benzene rings is 2. The normalized spacial score (nSPS) is 12.8. The number of para-hydroxylation sites is 2. The first-order chi connectivity index (χ1) is 12.1. The Labute approximate surface area is 152 Å². The number of imidazole rings is 1. The van der Waals surface area contributed by atoms with Gasteiger partial charge in [0.05, 0.1) is 22.5 Å². The van der Waals surface area contributed by atoms with Crippen LogP contribution < -0.4 is 0 Å². The molecule has 0 N–H and O–H groups in total. The summed E-state index contributed by atoms with van der Waals surface area (Å²) in [6, 6.07) is 13.6. The van der Waals surface area contributed by atoms with Gasteiger partial charge in [0.15, 0.2) is 0 Å². The molecular weight excluding hydrogens is 374 g/mol. The Bertz CT molecular complexity index is 1180. The minimum Gasteiger partial charge on any atom is -0.310 e. The summed E-state index contributed by atoms with van der Waals surface area (Å²) in [5, 5.41) is -0.0421. The fourth-order valence-electron chi connectivity index (χ4n) is 2.69. The SMILES string of the molecule is CN(C)S(=O)(=O)c1cccc(Cn2c(S(C)(=O)=O)nc3ccccc32)c1. The Morgan fingerprint density at radius 2 is 1.69 bits per heavy atom. The number of hydrogen-bond acceptors (Lipinski definition) is 5. The Morgan fingerprint density at radius 1 is 1.00 bits per heavy atom. The van der Waals surface area contributed by atoms with E-state index in [-0.39, 0.29) is 16.6 Å². The van der Waals surface area contributed by atoms with Crippen LogP contribution in [-0.2, 0) is 26.4 Å². The van der Waals surface area contributed by atoms with Gasteiger partial charge in [-0.05, 0) is 29.8 Å². The molecule has 1 aromatic heterocycles. The van der Waals surface area contributed by atoms with Crippen LogP contribution in [-0.4, -0.2) is 51.0 Å². The van der Waals surface area contributed by atoms with E-state index in [0.29, 0.717) is 16.6 Å². The van der Waals surface area contributed by atoms with Crippen molar-refractivity contribution in [2.75, 3.05) is 20.4 Å². The van der Waals surface area contributed by atoms with Crippen molar-refractivity contribution in [3.63, 3.8) is 0 Å². The molecule has 0 aliphatic carbocycles.